The van der Waals surface area contributed by atoms with Crippen LogP contribution < -0.4 is 0 Å². The molecule has 0 aromatic heterocycles. The van der Waals surface area contributed by atoms with Crippen LogP contribution in [0.4, 0.5) is 0 Å². The highest BCUT2D eigenvalue weighted by Crippen LogP contribution is 2.25. The molecule has 2 heterocycles. The molecular weight excluding hydrogens is 316 g/mol. The van der Waals surface area contributed by atoms with E-state index >= 15 is 0 Å². The number of fused-ring (bicyclic) bond motifs is 1. The van der Waals surface area contributed by atoms with Gasteiger partial charge in [-0.1, -0.05) is 37.6 Å². The van der Waals surface area contributed by atoms with E-state index < -0.39 is 6.04 Å². The minimum absolute atomic E-state index is 0.0326. The highest BCUT2D eigenvalue weighted by Gasteiger charge is 2.36. The van der Waals surface area contributed by atoms with E-state index in [1.54, 1.807) is 4.90 Å². The Labute approximate surface area is 149 Å². The summed E-state index contributed by atoms with van der Waals surface area (Å²) in [7, 11) is 1.39. The lowest BCUT2D eigenvalue weighted by Crippen LogP contribution is -2.53. The van der Waals surface area contributed by atoms with Crippen LogP contribution in [0.5, 0.6) is 0 Å². The molecule has 1 amide bonds. The number of esters is 1. The lowest BCUT2D eigenvalue weighted by molar-refractivity contribution is -0.154. The maximum Gasteiger partial charge on any atom is 0.328 e. The van der Waals surface area contributed by atoms with E-state index in [0.717, 1.165) is 36.9 Å². The number of carbonyl (C=O) groups is 2. The van der Waals surface area contributed by atoms with Gasteiger partial charge in [0.25, 0.3) is 0 Å². The first-order chi connectivity index (χ1) is 12.1. The van der Waals surface area contributed by atoms with Crippen LogP contribution in [0.2, 0.25) is 0 Å². The molecule has 0 N–H and O–H groups in total. The molecule has 0 spiro atoms. The zero-order valence-electron chi connectivity index (χ0n) is 15.2. The second-order valence-corrected chi connectivity index (χ2v) is 7.06. The summed E-state index contributed by atoms with van der Waals surface area (Å²) >= 11 is 0. The highest BCUT2D eigenvalue weighted by atomic mass is 16.5. The molecule has 3 rings (SSSR count). The molecule has 1 saturated heterocycles. The van der Waals surface area contributed by atoms with Crippen molar-refractivity contribution < 1.29 is 14.3 Å². The summed E-state index contributed by atoms with van der Waals surface area (Å²) in [5.74, 6) is -0.293. The first-order valence-electron chi connectivity index (χ1n) is 9.32. The number of carbonyl (C=O) groups excluding carboxylic acids is 2. The largest absolute Gasteiger partial charge is 0.467 e. The van der Waals surface area contributed by atoms with Crippen LogP contribution in [0.3, 0.4) is 0 Å². The van der Waals surface area contributed by atoms with Crippen molar-refractivity contribution in [2.75, 3.05) is 20.2 Å². The average Bonchev–Trinajstić information content (AvgIpc) is 2.66. The molecule has 136 valence electrons. The minimum atomic E-state index is -0.516. The number of nitrogens with zero attached hydrogens (tertiary/aromatic N) is 2. The van der Waals surface area contributed by atoms with E-state index in [2.05, 4.69) is 11.8 Å². The maximum atomic E-state index is 13.0. The number of hydrogen-bond donors (Lipinski definition) is 0. The lowest BCUT2D eigenvalue weighted by Gasteiger charge is -2.39. The summed E-state index contributed by atoms with van der Waals surface area (Å²) in [6.07, 6.45) is 5.15. The van der Waals surface area contributed by atoms with E-state index in [0.29, 0.717) is 25.6 Å². The fourth-order valence-electron chi connectivity index (χ4n) is 4.13. The number of likely N-dealkylation sites (tertiary alicyclic amines) is 1. The fourth-order valence-corrected chi connectivity index (χ4v) is 4.13. The SMILES string of the molecule is CCC1CCCCN1CC(=O)N1Cc2ccccc2CC1C(=O)OC. The van der Waals surface area contributed by atoms with Crippen molar-refractivity contribution in [3.05, 3.63) is 35.4 Å². The van der Waals surface area contributed by atoms with Gasteiger partial charge in [-0.2, -0.15) is 0 Å². The molecule has 1 aromatic carbocycles. The average molecular weight is 344 g/mol. The van der Waals surface area contributed by atoms with Crippen LogP contribution in [0.1, 0.15) is 43.7 Å². The van der Waals surface area contributed by atoms with Gasteiger partial charge in [0.2, 0.25) is 5.91 Å². The smallest absolute Gasteiger partial charge is 0.328 e. The second kappa shape index (κ2) is 8.00. The standard InChI is InChI=1S/C20H28N2O3/c1-3-17-10-6-7-11-21(17)14-19(23)22-13-16-9-5-4-8-15(16)12-18(22)20(24)25-2/h4-5,8-9,17-18H,3,6-7,10-14H2,1-2H3. The zero-order valence-corrected chi connectivity index (χ0v) is 15.2. The molecule has 25 heavy (non-hydrogen) atoms. The van der Waals surface area contributed by atoms with Crippen LogP contribution >= 0.6 is 0 Å². The quantitative estimate of drug-likeness (QED) is 0.787. The monoisotopic (exact) mass is 344 g/mol. The van der Waals surface area contributed by atoms with Gasteiger partial charge in [-0.25, -0.2) is 4.79 Å². The van der Waals surface area contributed by atoms with Gasteiger partial charge in [-0.15, -0.1) is 0 Å². The summed E-state index contributed by atoms with van der Waals surface area (Å²) in [6, 6.07) is 8.00. The predicted molar refractivity (Wildman–Crippen MR) is 96.0 cm³/mol. The number of hydrogen-bond acceptors (Lipinski definition) is 4. The summed E-state index contributed by atoms with van der Waals surface area (Å²) < 4.78 is 4.97. The molecule has 0 aliphatic carbocycles. The third kappa shape index (κ3) is 3.87. The first-order valence-corrected chi connectivity index (χ1v) is 9.32. The second-order valence-electron chi connectivity index (χ2n) is 7.06. The topological polar surface area (TPSA) is 49.9 Å². The molecule has 1 fully saturated rings. The molecule has 0 bridgehead atoms. The third-order valence-corrected chi connectivity index (χ3v) is 5.60. The van der Waals surface area contributed by atoms with Crippen LogP contribution in [-0.4, -0.2) is 54.0 Å². The van der Waals surface area contributed by atoms with Gasteiger partial charge in [0.1, 0.15) is 6.04 Å². The lowest BCUT2D eigenvalue weighted by atomic mass is 9.93. The van der Waals surface area contributed by atoms with Gasteiger partial charge in [0, 0.05) is 19.0 Å². The van der Waals surface area contributed by atoms with Crippen molar-refractivity contribution in [1.29, 1.82) is 0 Å². The summed E-state index contributed by atoms with van der Waals surface area (Å²) in [5.41, 5.74) is 2.26. The van der Waals surface area contributed by atoms with Crippen LogP contribution in [0.25, 0.3) is 0 Å². The summed E-state index contributed by atoms with van der Waals surface area (Å²) in [4.78, 5) is 29.3. The molecular formula is C20H28N2O3. The summed E-state index contributed by atoms with van der Waals surface area (Å²) in [6.45, 7) is 4.03. The number of benzene rings is 1. The molecule has 5 nitrogen and oxygen atoms in total. The molecule has 1 aromatic rings. The summed E-state index contributed by atoms with van der Waals surface area (Å²) in [5, 5.41) is 0. The Morgan fingerprint density at radius 3 is 2.68 bits per heavy atom. The van der Waals surface area contributed by atoms with Gasteiger partial charge in [-0.05, 0) is 36.9 Å². The van der Waals surface area contributed by atoms with Crippen LogP contribution in [-0.2, 0) is 27.3 Å². The van der Waals surface area contributed by atoms with E-state index in [9.17, 15) is 9.59 Å². The number of methoxy groups -OCH3 is 1. The molecule has 0 saturated carbocycles. The Bertz CT molecular complexity index is 631. The molecule has 2 aliphatic rings. The number of piperidine rings is 1. The molecule has 2 unspecified atom stereocenters. The van der Waals surface area contributed by atoms with Crippen LogP contribution in [0, 0.1) is 0 Å². The number of rotatable bonds is 4. The van der Waals surface area contributed by atoms with E-state index in [4.69, 9.17) is 4.74 Å². The van der Waals surface area contributed by atoms with Gasteiger partial charge >= 0.3 is 5.97 Å². The van der Waals surface area contributed by atoms with Crippen molar-refractivity contribution in [3.63, 3.8) is 0 Å². The van der Waals surface area contributed by atoms with Crippen molar-refractivity contribution in [2.45, 2.75) is 57.7 Å². The van der Waals surface area contributed by atoms with E-state index in [1.807, 2.05) is 24.3 Å². The Kier molecular flexibility index (Phi) is 5.74. The van der Waals surface area contributed by atoms with E-state index in [1.165, 1.54) is 13.5 Å². The Morgan fingerprint density at radius 2 is 1.96 bits per heavy atom. The van der Waals surface area contributed by atoms with Gasteiger partial charge in [0.15, 0.2) is 0 Å². The van der Waals surface area contributed by atoms with Crippen molar-refractivity contribution in [1.82, 2.24) is 9.80 Å². The zero-order chi connectivity index (χ0) is 17.8. The Morgan fingerprint density at radius 1 is 1.20 bits per heavy atom. The van der Waals surface area contributed by atoms with Gasteiger partial charge in [-0.3, -0.25) is 9.69 Å². The molecule has 2 atom stereocenters. The fraction of sp³-hybridized carbons (Fsp3) is 0.600. The Hall–Kier alpha value is -1.88. The van der Waals surface area contributed by atoms with Crippen LogP contribution in [0.15, 0.2) is 24.3 Å². The molecule has 0 radical (unpaired) electrons. The predicted octanol–water partition coefficient (Wildman–Crippen LogP) is 2.38. The number of ether oxygens (including phenoxy) is 1. The molecule has 5 heteroatoms. The van der Waals surface area contributed by atoms with Crippen molar-refractivity contribution in [3.8, 4) is 0 Å². The number of amides is 1. The van der Waals surface area contributed by atoms with Crippen molar-refractivity contribution >= 4 is 11.9 Å². The maximum absolute atomic E-state index is 13.0. The first kappa shape index (κ1) is 17.9. The van der Waals surface area contributed by atoms with Gasteiger partial charge in [0.05, 0.1) is 13.7 Å². The normalized spacial score (nSPS) is 23.8. The highest BCUT2D eigenvalue weighted by molar-refractivity contribution is 5.86. The van der Waals surface area contributed by atoms with Crippen molar-refractivity contribution in [2.24, 2.45) is 0 Å². The van der Waals surface area contributed by atoms with E-state index in [-0.39, 0.29) is 11.9 Å². The third-order valence-electron chi connectivity index (χ3n) is 5.60. The molecule has 2 aliphatic heterocycles. The van der Waals surface area contributed by atoms with Gasteiger partial charge < -0.3 is 9.64 Å². The minimum Gasteiger partial charge on any atom is -0.467 e. The Balaban J connectivity index is 1.77.